The first kappa shape index (κ1) is 20.5. The summed E-state index contributed by atoms with van der Waals surface area (Å²) in [7, 11) is 1.60. The zero-order valence-corrected chi connectivity index (χ0v) is 14.8. The van der Waals surface area contributed by atoms with Gasteiger partial charge in [-0.25, -0.2) is 4.39 Å². The maximum absolute atomic E-state index is 13.6. The number of nitrogens with one attached hydrogen (secondary N) is 2. The van der Waals surface area contributed by atoms with Crippen LogP contribution < -0.4 is 15.4 Å². The van der Waals surface area contributed by atoms with Crippen LogP contribution in [-0.4, -0.2) is 32.3 Å². The zero-order chi connectivity index (χ0) is 19.7. The minimum atomic E-state index is -4.38. The Kier molecular flexibility index (Phi) is 7.45. The summed E-state index contributed by atoms with van der Waals surface area (Å²) in [6.07, 6.45) is -3.88. The van der Waals surface area contributed by atoms with Crippen molar-refractivity contribution in [3.05, 3.63) is 65.5 Å². The lowest BCUT2D eigenvalue weighted by Gasteiger charge is -2.13. The van der Waals surface area contributed by atoms with Gasteiger partial charge in [0.1, 0.15) is 11.6 Å². The highest BCUT2D eigenvalue weighted by molar-refractivity contribution is 5.79. The van der Waals surface area contributed by atoms with E-state index in [9.17, 15) is 17.6 Å². The maximum atomic E-state index is 13.6. The predicted octanol–water partition coefficient (Wildman–Crippen LogP) is 3.67. The molecule has 0 aliphatic carbocycles. The smallest absolute Gasteiger partial charge is 0.422 e. The third kappa shape index (κ3) is 7.55. The first-order valence-electron chi connectivity index (χ1n) is 8.34. The molecule has 0 aliphatic rings. The van der Waals surface area contributed by atoms with E-state index in [0.717, 1.165) is 5.56 Å². The fourth-order valence-corrected chi connectivity index (χ4v) is 2.33. The zero-order valence-electron chi connectivity index (χ0n) is 14.8. The molecule has 2 N–H and O–H groups in total. The fourth-order valence-electron chi connectivity index (χ4n) is 2.33. The molecule has 27 heavy (non-hydrogen) atoms. The number of ether oxygens (including phenoxy) is 1. The molecule has 4 nitrogen and oxygen atoms in total. The second-order valence-electron chi connectivity index (χ2n) is 5.75. The first-order chi connectivity index (χ1) is 12.9. The highest BCUT2D eigenvalue weighted by Crippen LogP contribution is 2.19. The van der Waals surface area contributed by atoms with Crippen molar-refractivity contribution in [2.24, 2.45) is 4.99 Å². The van der Waals surface area contributed by atoms with Crippen molar-refractivity contribution in [2.45, 2.75) is 19.1 Å². The molecule has 146 valence electrons. The Hall–Kier alpha value is -2.77. The summed E-state index contributed by atoms with van der Waals surface area (Å²) in [4.78, 5) is 4.07. The quantitative estimate of drug-likeness (QED) is 0.436. The van der Waals surface area contributed by atoms with E-state index in [1.807, 2.05) is 0 Å². The maximum Gasteiger partial charge on any atom is 0.422 e. The van der Waals surface area contributed by atoms with Gasteiger partial charge in [0, 0.05) is 20.1 Å². The molecular weight excluding hydrogens is 362 g/mol. The molecule has 0 atom stereocenters. The first-order valence-corrected chi connectivity index (χ1v) is 8.34. The highest BCUT2D eigenvalue weighted by atomic mass is 19.4. The SMILES string of the molecule is CN=C(NCCc1ccccc1F)NCc1cccc(OCC(F)(F)F)c1. The van der Waals surface area contributed by atoms with Crippen LogP contribution in [0.15, 0.2) is 53.5 Å². The Balaban J connectivity index is 1.81. The molecule has 0 heterocycles. The molecule has 0 aliphatic heterocycles. The lowest BCUT2D eigenvalue weighted by Crippen LogP contribution is -2.37. The molecule has 2 aromatic rings. The van der Waals surface area contributed by atoms with E-state index in [0.29, 0.717) is 31.0 Å². The number of hydrogen-bond donors (Lipinski definition) is 2. The monoisotopic (exact) mass is 383 g/mol. The average Bonchev–Trinajstić information content (AvgIpc) is 2.64. The number of rotatable bonds is 7. The van der Waals surface area contributed by atoms with E-state index in [4.69, 9.17) is 4.74 Å². The van der Waals surface area contributed by atoms with Crippen LogP contribution >= 0.6 is 0 Å². The predicted molar refractivity (Wildman–Crippen MR) is 96.3 cm³/mol. The number of benzene rings is 2. The second kappa shape index (κ2) is 9.80. The molecule has 8 heteroatoms. The van der Waals surface area contributed by atoms with Crippen LogP contribution in [0.2, 0.25) is 0 Å². The molecule has 0 fully saturated rings. The van der Waals surface area contributed by atoms with Crippen molar-refractivity contribution in [3.63, 3.8) is 0 Å². The van der Waals surface area contributed by atoms with Crippen LogP contribution in [0.25, 0.3) is 0 Å². The standard InChI is InChI=1S/C19H21F4N3O/c1-24-18(25-10-9-15-6-2-3-8-17(15)20)26-12-14-5-4-7-16(11-14)27-13-19(21,22)23/h2-8,11H,9-10,12-13H2,1H3,(H2,24,25,26). The Bertz CT molecular complexity index is 763. The third-order valence-electron chi connectivity index (χ3n) is 3.63. The van der Waals surface area contributed by atoms with Crippen molar-refractivity contribution in [2.75, 3.05) is 20.2 Å². The van der Waals surface area contributed by atoms with E-state index in [1.54, 1.807) is 37.4 Å². The van der Waals surface area contributed by atoms with E-state index < -0.39 is 12.8 Å². The highest BCUT2D eigenvalue weighted by Gasteiger charge is 2.28. The van der Waals surface area contributed by atoms with Gasteiger partial charge in [-0.05, 0) is 35.7 Å². The molecule has 0 unspecified atom stereocenters. The van der Waals surface area contributed by atoms with Gasteiger partial charge in [0.2, 0.25) is 0 Å². The van der Waals surface area contributed by atoms with E-state index in [-0.39, 0.29) is 11.6 Å². The van der Waals surface area contributed by atoms with E-state index in [1.165, 1.54) is 18.2 Å². The van der Waals surface area contributed by atoms with Gasteiger partial charge in [-0.2, -0.15) is 13.2 Å². The molecule has 2 aromatic carbocycles. The van der Waals surface area contributed by atoms with Crippen molar-refractivity contribution < 1.29 is 22.3 Å². The fraction of sp³-hybridized carbons (Fsp3) is 0.316. The Morgan fingerprint density at radius 2 is 1.85 bits per heavy atom. The Morgan fingerprint density at radius 3 is 2.56 bits per heavy atom. The molecule has 0 radical (unpaired) electrons. The summed E-state index contributed by atoms with van der Waals surface area (Å²) in [5, 5.41) is 6.12. The second-order valence-corrected chi connectivity index (χ2v) is 5.75. The van der Waals surface area contributed by atoms with Gasteiger partial charge < -0.3 is 15.4 Å². The van der Waals surface area contributed by atoms with Crippen LogP contribution in [-0.2, 0) is 13.0 Å². The molecule has 0 bridgehead atoms. The van der Waals surface area contributed by atoms with Crippen LogP contribution in [0.4, 0.5) is 17.6 Å². The lowest BCUT2D eigenvalue weighted by molar-refractivity contribution is -0.153. The average molecular weight is 383 g/mol. The van der Waals surface area contributed by atoms with Crippen molar-refractivity contribution >= 4 is 5.96 Å². The molecule has 0 amide bonds. The van der Waals surface area contributed by atoms with Crippen LogP contribution in [0, 0.1) is 5.82 Å². The number of alkyl halides is 3. The van der Waals surface area contributed by atoms with Crippen LogP contribution in [0.3, 0.4) is 0 Å². The number of guanidine groups is 1. The lowest BCUT2D eigenvalue weighted by atomic mass is 10.1. The van der Waals surface area contributed by atoms with Gasteiger partial charge in [0.25, 0.3) is 0 Å². The third-order valence-corrected chi connectivity index (χ3v) is 3.63. The normalized spacial score (nSPS) is 12.0. The summed E-state index contributed by atoms with van der Waals surface area (Å²) in [6, 6.07) is 12.9. The van der Waals surface area contributed by atoms with Crippen LogP contribution in [0.1, 0.15) is 11.1 Å². The number of aliphatic imine (C=N–C) groups is 1. The van der Waals surface area contributed by atoms with Crippen molar-refractivity contribution in [1.29, 1.82) is 0 Å². The Morgan fingerprint density at radius 1 is 1.07 bits per heavy atom. The number of hydrogen-bond acceptors (Lipinski definition) is 2. The molecule has 0 saturated heterocycles. The molecule has 0 saturated carbocycles. The summed E-state index contributed by atoms with van der Waals surface area (Å²) in [5.41, 5.74) is 1.35. The Labute approximate surface area is 155 Å². The van der Waals surface area contributed by atoms with E-state index >= 15 is 0 Å². The van der Waals surface area contributed by atoms with Gasteiger partial charge in [-0.1, -0.05) is 30.3 Å². The largest absolute Gasteiger partial charge is 0.484 e. The number of nitrogens with zero attached hydrogens (tertiary/aromatic N) is 1. The molecule has 0 aromatic heterocycles. The van der Waals surface area contributed by atoms with E-state index in [2.05, 4.69) is 15.6 Å². The van der Waals surface area contributed by atoms with Crippen molar-refractivity contribution in [3.8, 4) is 5.75 Å². The summed E-state index contributed by atoms with van der Waals surface area (Å²) in [5.74, 6) is 0.403. The van der Waals surface area contributed by atoms with Crippen molar-refractivity contribution in [1.82, 2.24) is 10.6 Å². The van der Waals surface area contributed by atoms with Gasteiger partial charge in [0.05, 0.1) is 0 Å². The summed E-state index contributed by atoms with van der Waals surface area (Å²) >= 11 is 0. The van der Waals surface area contributed by atoms with Gasteiger partial charge >= 0.3 is 6.18 Å². The molecular formula is C19H21F4N3O. The minimum Gasteiger partial charge on any atom is -0.484 e. The molecule has 2 rings (SSSR count). The summed E-state index contributed by atoms with van der Waals surface area (Å²) < 4.78 is 55.0. The minimum absolute atomic E-state index is 0.147. The van der Waals surface area contributed by atoms with Gasteiger partial charge in [-0.15, -0.1) is 0 Å². The topological polar surface area (TPSA) is 45.7 Å². The van der Waals surface area contributed by atoms with Gasteiger partial charge in [-0.3, -0.25) is 4.99 Å². The van der Waals surface area contributed by atoms with Crippen LogP contribution in [0.5, 0.6) is 5.75 Å². The summed E-state index contributed by atoms with van der Waals surface area (Å²) in [6.45, 7) is -0.499. The molecule has 0 spiro atoms. The number of halogens is 4. The van der Waals surface area contributed by atoms with Gasteiger partial charge in [0.15, 0.2) is 12.6 Å².